The zero-order valence-electron chi connectivity index (χ0n) is 12.4. The first-order chi connectivity index (χ1) is 9.68. The van der Waals surface area contributed by atoms with Gasteiger partial charge in [-0.1, -0.05) is 31.2 Å². The Hall–Kier alpha value is -1.61. The van der Waals surface area contributed by atoms with Crippen LogP contribution >= 0.6 is 0 Å². The van der Waals surface area contributed by atoms with Crippen LogP contribution in [0.3, 0.4) is 0 Å². The lowest BCUT2D eigenvalue weighted by Crippen LogP contribution is -2.37. The highest BCUT2D eigenvalue weighted by Gasteiger charge is 2.27. The molecule has 3 nitrogen and oxygen atoms in total. The highest BCUT2D eigenvalue weighted by molar-refractivity contribution is 5.63. The maximum Gasteiger partial charge on any atom is 0.0951 e. The van der Waals surface area contributed by atoms with Gasteiger partial charge in [-0.15, -0.1) is 0 Å². The Kier molecular flexibility index (Phi) is 3.62. The van der Waals surface area contributed by atoms with Crippen LogP contribution in [0.4, 0.5) is 0 Å². The van der Waals surface area contributed by atoms with Crippen LogP contribution in [0.2, 0.25) is 0 Å². The van der Waals surface area contributed by atoms with E-state index in [1.807, 2.05) is 12.5 Å². The highest BCUT2D eigenvalue weighted by Crippen LogP contribution is 2.32. The smallest absolute Gasteiger partial charge is 0.0951 e. The number of nitrogens with zero attached hydrogens (tertiary/aromatic N) is 2. The molecule has 3 heteroatoms. The fourth-order valence-corrected chi connectivity index (χ4v) is 3.13. The van der Waals surface area contributed by atoms with Crippen molar-refractivity contribution < 1.29 is 0 Å². The lowest BCUT2D eigenvalue weighted by molar-refractivity contribution is 0.195. The van der Waals surface area contributed by atoms with Crippen molar-refractivity contribution >= 4 is 0 Å². The molecule has 1 aromatic heterocycles. The van der Waals surface area contributed by atoms with Gasteiger partial charge in [0.15, 0.2) is 0 Å². The van der Waals surface area contributed by atoms with E-state index in [-0.39, 0.29) is 0 Å². The molecule has 1 N–H and O–H groups in total. The summed E-state index contributed by atoms with van der Waals surface area (Å²) in [6, 6.07) is 8.55. The number of hydrogen-bond acceptors (Lipinski definition) is 2. The highest BCUT2D eigenvalue weighted by atomic mass is 15.1. The van der Waals surface area contributed by atoms with E-state index >= 15 is 0 Å². The summed E-state index contributed by atoms with van der Waals surface area (Å²) in [6.07, 6.45) is 6.44. The Morgan fingerprint density at radius 1 is 1.25 bits per heavy atom. The van der Waals surface area contributed by atoms with Gasteiger partial charge in [-0.05, 0) is 43.8 Å². The van der Waals surface area contributed by atoms with E-state index in [0.717, 1.165) is 19.6 Å². The number of imidazole rings is 1. The predicted molar refractivity (Wildman–Crippen MR) is 82.6 cm³/mol. The lowest BCUT2D eigenvalue weighted by atomic mass is 9.81. The van der Waals surface area contributed by atoms with Crippen LogP contribution in [0.5, 0.6) is 0 Å². The van der Waals surface area contributed by atoms with Crippen LogP contribution in [0.15, 0.2) is 36.8 Å². The van der Waals surface area contributed by atoms with Gasteiger partial charge in [-0.3, -0.25) is 0 Å². The minimum Gasteiger partial charge on any atom is -0.330 e. The van der Waals surface area contributed by atoms with Crippen molar-refractivity contribution in [2.45, 2.75) is 33.2 Å². The van der Waals surface area contributed by atoms with Crippen LogP contribution in [0.1, 0.15) is 25.3 Å². The molecule has 0 atom stereocenters. The zero-order valence-corrected chi connectivity index (χ0v) is 12.4. The minimum absolute atomic E-state index is 0.378. The molecule has 0 amide bonds. The standard InChI is InChI=1S/C17H23N3/c1-14-5-3-4-6-15(14)16-11-19-13-20(16)12-17(2)7-9-18-10-8-17/h3-6,11,13,18H,7-10,12H2,1-2H3. The van der Waals surface area contributed by atoms with E-state index < -0.39 is 0 Å². The molecule has 20 heavy (non-hydrogen) atoms. The summed E-state index contributed by atoms with van der Waals surface area (Å²) in [4.78, 5) is 4.38. The molecule has 3 rings (SSSR count). The van der Waals surface area contributed by atoms with Gasteiger partial charge in [0.25, 0.3) is 0 Å². The molecule has 1 aliphatic rings. The van der Waals surface area contributed by atoms with E-state index in [1.165, 1.54) is 29.7 Å². The first-order valence-corrected chi connectivity index (χ1v) is 7.45. The third kappa shape index (κ3) is 2.63. The molecule has 0 aliphatic carbocycles. The summed E-state index contributed by atoms with van der Waals surface area (Å²) < 4.78 is 2.33. The van der Waals surface area contributed by atoms with Crippen molar-refractivity contribution in [3.63, 3.8) is 0 Å². The van der Waals surface area contributed by atoms with Gasteiger partial charge in [0, 0.05) is 12.1 Å². The molecule has 2 heterocycles. The molecular formula is C17H23N3. The van der Waals surface area contributed by atoms with Gasteiger partial charge in [0.2, 0.25) is 0 Å². The molecule has 1 aliphatic heterocycles. The molecule has 0 unspecified atom stereocenters. The largest absolute Gasteiger partial charge is 0.330 e. The normalized spacial score (nSPS) is 18.1. The Morgan fingerprint density at radius 2 is 2.00 bits per heavy atom. The average Bonchev–Trinajstić information content (AvgIpc) is 2.87. The van der Waals surface area contributed by atoms with Crippen molar-refractivity contribution in [3.8, 4) is 11.3 Å². The number of hydrogen-bond donors (Lipinski definition) is 1. The van der Waals surface area contributed by atoms with Crippen LogP contribution in [-0.4, -0.2) is 22.6 Å². The molecule has 0 radical (unpaired) electrons. The van der Waals surface area contributed by atoms with Gasteiger partial charge in [-0.25, -0.2) is 4.98 Å². The fourth-order valence-electron chi connectivity index (χ4n) is 3.13. The molecule has 0 bridgehead atoms. The van der Waals surface area contributed by atoms with Gasteiger partial charge < -0.3 is 9.88 Å². The van der Waals surface area contributed by atoms with Gasteiger partial charge in [-0.2, -0.15) is 0 Å². The molecule has 1 fully saturated rings. The fraction of sp³-hybridized carbons (Fsp3) is 0.471. The zero-order chi connectivity index (χ0) is 14.0. The number of aryl methyl sites for hydroxylation is 1. The van der Waals surface area contributed by atoms with Gasteiger partial charge in [0.05, 0.1) is 18.2 Å². The molecule has 1 aromatic carbocycles. The SMILES string of the molecule is Cc1ccccc1-c1cncn1CC1(C)CCNCC1. The summed E-state index contributed by atoms with van der Waals surface area (Å²) in [5, 5.41) is 3.45. The third-order valence-electron chi connectivity index (χ3n) is 4.50. The lowest BCUT2D eigenvalue weighted by Gasteiger charge is -2.34. The third-order valence-corrected chi connectivity index (χ3v) is 4.50. The monoisotopic (exact) mass is 269 g/mol. The van der Waals surface area contributed by atoms with Gasteiger partial charge in [0.1, 0.15) is 0 Å². The van der Waals surface area contributed by atoms with E-state index in [9.17, 15) is 0 Å². The molecule has 0 spiro atoms. The summed E-state index contributed by atoms with van der Waals surface area (Å²) in [5.41, 5.74) is 4.22. The number of piperidine rings is 1. The van der Waals surface area contributed by atoms with Gasteiger partial charge >= 0.3 is 0 Å². The maximum atomic E-state index is 4.38. The van der Waals surface area contributed by atoms with Crippen LogP contribution in [-0.2, 0) is 6.54 Å². The maximum absolute atomic E-state index is 4.38. The Balaban J connectivity index is 1.89. The number of rotatable bonds is 3. The first-order valence-electron chi connectivity index (χ1n) is 7.45. The number of aromatic nitrogens is 2. The van der Waals surface area contributed by atoms with Crippen LogP contribution in [0, 0.1) is 12.3 Å². The summed E-state index contributed by atoms with van der Waals surface area (Å²) >= 11 is 0. The molecule has 2 aromatic rings. The van der Waals surface area contributed by atoms with E-state index in [2.05, 4.69) is 53.0 Å². The second kappa shape index (κ2) is 5.41. The van der Waals surface area contributed by atoms with Crippen LogP contribution in [0.25, 0.3) is 11.3 Å². The Bertz CT molecular complexity index is 579. The first kappa shape index (κ1) is 13.4. The summed E-state index contributed by atoms with van der Waals surface area (Å²) in [7, 11) is 0. The predicted octanol–water partition coefficient (Wildman–Crippen LogP) is 3.25. The van der Waals surface area contributed by atoms with Crippen LogP contribution < -0.4 is 5.32 Å². The van der Waals surface area contributed by atoms with Crippen molar-refractivity contribution in [1.29, 1.82) is 0 Å². The summed E-state index contributed by atoms with van der Waals surface area (Å²) in [6.45, 7) is 7.88. The quantitative estimate of drug-likeness (QED) is 0.927. The Morgan fingerprint density at radius 3 is 2.75 bits per heavy atom. The minimum atomic E-state index is 0.378. The van der Waals surface area contributed by atoms with E-state index in [4.69, 9.17) is 0 Å². The van der Waals surface area contributed by atoms with E-state index in [1.54, 1.807) is 0 Å². The summed E-state index contributed by atoms with van der Waals surface area (Å²) in [5.74, 6) is 0. The average molecular weight is 269 g/mol. The molecule has 0 saturated carbocycles. The van der Waals surface area contributed by atoms with Crippen molar-refractivity contribution in [3.05, 3.63) is 42.4 Å². The van der Waals surface area contributed by atoms with E-state index in [0.29, 0.717) is 5.41 Å². The molecule has 106 valence electrons. The second-order valence-corrected chi connectivity index (χ2v) is 6.28. The number of nitrogens with one attached hydrogen (secondary N) is 1. The molecule has 1 saturated heterocycles. The van der Waals surface area contributed by atoms with Crippen molar-refractivity contribution in [2.75, 3.05) is 13.1 Å². The van der Waals surface area contributed by atoms with Crippen molar-refractivity contribution in [1.82, 2.24) is 14.9 Å². The topological polar surface area (TPSA) is 29.9 Å². The second-order valence-electron chi connectivity index (χ2n) is 6.28. The van der Waals surface area contributed by atoms with Crippen molar-refractivity contribution in [2.24, 2.45) is 5.41 Å². The number of benzene rings is 1. The molecular weight excluding hydrogens is 246 g/mol. The Labute approximate surface area is 121 Å².